The monoisotopic (exact) mass is 157 g/mol. The normalized spacial score (nSPS) is 24.6. The summed E-state index contributed by atoms with van der Waals surface area (Å²) < 4.78 is 0. The largest absolute Gasteiger partial charge is 0.351 e. The van der Waals surface area contributed by atoms with Crippen LogP contribution in [0.15, 0.2) is 0 Å². The van der Waals surface area contributed by atoms with Crippen LogP contribution in [0.2, 0.25) is 0 Å². The predicted molar refractivity (Wildman–Crippen MR) is 43.1 cm³/mol. The number of nitrogens with one attached hydrogen (secondary N) is 2. The topological polar surface area (TPSA) is 67.2 Å². The lowest BCUT2D eigenvalue weighted by Crippen LogP contribution is -2.47. The number of hydrogen-bond donors (Lipinski definition) is 3. The van der Waals surface area contributed by atoms with Crippen LogP contribution in [0.5, 0.6) is 0 Å². The van der Waals surface area contributed by atoms with Crippen molar-refractivity contribution in [2.45, 2.75) is 18.9 Å². The number of hydrogen-bond acceptors (Lipinski definition) is 3. The predicted octanol–water partition coefficient (Wildman–Crippen LogP) is -1.19. The molecule has 1 atom stereocenters. The Morgan fingerprint density at radius 3 is 3.09 bits per heavy atom. The van der Waals surface area contributed by atoms with Crippen molar-refractivity contribution in [1.29, 1.82) is 0 Å². The molecule has 0 saturated carbocycles. The van der Waals surface area contributed by atoms with E-state index < -0.39 is 0 Å². The van der Waals surface area contributed by atoms with Gasteiger partial charge in [0.05, 0.1) is 6.54 Å². The van der Waals surface area contributed by atoms with E-state index >= 15 is 0 Å². The van der Waals surface area contributed by atoms with Crippen LogP contribution < -0.4 is 16.4 Å². The highest BCUT2D eigenvalue weighted by atomic mass is 16.1. The van der Waals surface area contributed by atoms with Gasteiger partial charge in [-0.15, -0.1) is 0 Å². The molecule has 1 rings (SSSR count). The summed E-state index contributed by atoms with van der Waals surface area (Å²) in [6, 6.07) is 0.291. The number of amides is 1. The summed E-state index contributed by atoms with van der Waals surface area (Å²) in [6.07, 6.45) is 2.20. The molecule has 1 heterocycles. The van der Waals surface area contributed by atoms with Crippen LogP contribution >= 0.6 is 0 Å². The highest BCUT2D eigenvalue weighted by Gasteiger charge is 2.13. The van der Waals surface area contributed by atoms with Crippen molar-refractivity contribution in [3.8, 4) is 0 Å². The number of nitrogens with two attached hydrogens (primary N) is 1. The highest BCUT2D eigenvalue weighted by Crippen LogP contribution is 2.00. The van der Waals surface area contributed by atoms with Crippen molar-refractivity contribution < 1.29 is 4.79 Å². The summed E-state index contributed by atoms with van der Waals surface area (Å²) in [5, 5.41) is 6.05. The van der Waals surface area contributed by atoms with Crippen molar-refractivity contribution in [2.24, 2.45) is 5.73 Å². The lowest BCUT2D eigenvalue weighted by Gasteiger charge is -2.23. The van der Waals surface area contributed by atoms with Crippen LogP contribution in [0.4, 0.5) is 0 Å². The molecule has 4 N–H and O–H groups in total. The lowest BCUT2D eigenvalue weighted by molar-refractivity contribution is -0.120. The van der Waals surface area contributed by atoms with Crippen LogP contribution in [0.25, 0.3) is 0 Å². The van der Waals surface area contributed by atoms with E-state index in [2.05, 4.69) is 10.6 Å². The number of piperidine rings is 1. The van der Waals surface area contributed by atoms with Crippen LogP contribution in [0, 0.1) is 0 Å². The quantitative estimate of drug-likeness (QED) is 0.472. The van der Waals surface area contributed by atoms with Crippen molar-refractivity contribution in [3.63, 3.8) is 0 Å². The van der Waals surface area contributed by atoms with Gasteiger partial charge in [0.15, 0.2) is 0 Å². The smallest absolute Gasteiger partial charge is 0.233 e. The highest BCUT2D eigenvalue weighted by molar-refractivity contribution is 5.78. The van der Waals surface area contributed by atoms with Crippen LogP contribution in [-0.4, -0.2) is 31.6 Å². The van der Waals surface area contributed by atoms with Gasteiger partial charge < -0.3 is 16.4 Å². The second kappa shape index (κ2) is 4.31. The van der Waals surface area contributed by atoms with Crippen LogP contribution in [0.1, 0.15) is 12.8 Å². The molecule has 0 radical (unpaired) electrons. The van der Waals surface area contributed by atoms with Gasteiger partial charge in [0.25, 0.3) is 0 Å². The molecule has 1 aliphatic heterocycles. The molecule has 0 bridgehead atoms. The van der Waals surface area contributed by atoms with Crippen molar-refractivity contribution in [1.82, 2.24) is 10.6 Å². The van der Waals surface area contributed by atoms with Crippen molar-refractivity contribution >= 4 is 5.91 Å². The summed E-state index contributed by atoms with van der Waals surface area (Å²) in [5.41, 5.74) is 5.16. The first kappa shape index (κ1) is 8.49. The lowest BCUT2D eigenvalue weighted by atomic mass is 10.1. The number of rotatable bonds is 2. The minimum absolute atomic E-state index is 0.0568. The first-order valence-electron chi connectivity index (χ1n) is 4.03. The summed E-state index contributed by atoms with van der Waals surface area (Å²) in [6.45, 7) is 2.04. The van der Waals surface area contributed by atoms with Crippen molar-refractivity contribution in [3.05, 3.63) is 0 Å². The third-order valence-electron chi connectivity index (χ3n) is 1.85. The third kappa shape index (κ3) is 2.86. The van der Waals surface area contributed by atoms with Gasteiger partial charge in [-0.3, -0.25) is 4.79 Å². The van der Waals surface area contributed by atoms with Crippen molar-refractivity contribution in [2.75, 3.05) is 19.6 Å². The minimum Gasteiger partial charge on any atom is -0.351 e. The summed E-state index contributed by atoms with van der Waals surface area (Å²) >= 11 is 0. The Kier molecular flexibility index (Phi) is 3.32. The molecular formula is C7H15N3O. The second-order valence-corrected chi connectivity index (χ2v) is 2.81. The van der Waals surface area contributed by atoms with Gasteiger partial charge >= 0.3 is 0 Å². The average Bonchev–Trinajstić information content (AvgIpc) is 2.06. The molecule has 1 unspecified atom stereocenters. The number of carbonyl (C=O) groups excluding carboxylic acids is 1. The molecule has 1 aliphatic rings. The average molecular weight is 157 g/mol. The fraction of sp³-hybridized carbons (Fsp3) is 0.857. The minimum atomic E-state index is -0.0568. The molecule has 64 valence electrons. The molecule has 1 fully saturated rings. The first-order valence-corrected chi connectivity index (χ1v) is 4.03. The molecule has 1 saturated heterocycles. The molecule has 0 aromatic heterocycles. The van der Waals surface area contributed by atoms with Crippen LogP contribution in [0.3, 0.4) is 0 Å². The SMILES string of the molecule is NCC(=O)NC1CCCNC1. The zero-order valence-electron chi connectivity index (χ0n) is 6.60. The Morgan fingerprint density at radius 2 is 2.55 bits per heavy atom. The van der Waals surface area contributed by atoms with E-state index in [1.807, 2.05) is 0 Å². The summed E-state index contributed by atoms with van der Waals surface area (Å²) in [7, 11) is 0. The van der Waals surface area contributed by atoms with E-state index in [1.54, 1.807) is 0 Å². The van der Waals surface area contributed by atoms with Gasteiger partial charge in [-0.05, 0) is 19.4 Å². The molecule has 0 aromatic carbocycles. The van der Waals surface area contributed by atoms with Gasteiger partial charge in [-0.2, -0.15) is 0 Å². The van der Waals surface area contributed by atoms with Crippen LogP contribution in [-0.2, 0) is 4.79 Å². The fourth-order valence-electron chi connectivity index (χ4n) is 1.26. The van der Waals surface area contributed by atoms with E-state index in [1.165, 1.54) is 0 Å². The van der Waals surface area contributed by atoms with E-state index in [4.69, 9.17) is 5.73 Å². The van der Waals surface area contributed by atoms with Gasteiger partial charge in [-0.1, -0.05) is 0 Å². The van der Waals surface area contributed by atoms with Gasteiger partial charge in [0.1, 0.15) is 0 Å². The first-order chi connectivity index (χ1) is 5.33. The molecule has 0 aliphatic carbocycles. The maximum Gasteiger partial charge on any atom is 0.233 e. The third-order valence-corrected chi connectivity index (χ3v) is 1.85. The molecule has 0 spiro atoms. The van der Waals surface area contributed by atoms with E-state index in [-0.39, 0.29) is 12.5 Å². The molecule has 0 aromatic rings. The Morgan fingerprint density at radius 1 is 1.73 bits per heavy atom. The molecular weight excluding hydrogens is 142 g/mol. The molecule has 4 nitrogen and oxygen atoms in total. The van der Waals surface area contributed by atoms with Gasteiger partial charge in [-0.25, -0.2) is 0 Å². The molecule has 4 heteroatoms. The Labute approximate surface area is 66.5 Å². The van der Waals surface area contributed by atoms with Gasteiger partial charge in [0, 0.05) is 12.6 Å². The summed E-state index contributed by atoms with van der Waals surface area (Å²) in [4.78, 5) is 10.8. The Bertz CT molecular complexity index is 132. The maximum absolute atomic E-state index is 10.8. The Hall–Kier alpha value is -0.610. The zero-order valence-corrected chi connectivity index (χ0v) is 6.60. The number of carbonyl (C=O) groups is 1. The second-order valence-electron chi connectivity index (χ2n) is 2.81. The fourth-order valence-corrected chi connectivity index (χ4v) is 1.26. The zero-order chi connectivity index (χ0) is 8.10. The van der Waals surface area contributed by atoms with E-state index in [0.29, 0.717) is 6.04 Å². The van der Waals surface area contributed by atoms with E-state index in [9.17, 15) is 4.79 Å². The van der Waals surface area contributed by atoms with Gasteiger partial charge in [0.2, 0.25) is 5.91 Å². The molecule has 1 amide bonds. The standard InChI is InChI=1S/C7H15N3O/c8-4-7(11)10-6-2-1-3-9-5-6/h6,9H,1-5,8H2,(H,10,11). The maximum atomic E-state index is 10.8. The van der Waals surface area contributed by atoms with E-state index in [0.717, 1.165) is 25.9 Å². The molecule has 11 heavy (non-hydrogen) atoms. The summed E-state index contributed by atoms with van der Waals surface area (Å²) in [5.74, 6) is -0.0568. The Balaban J connectivity index is 2.19.